The summed E-state index contributed by atoms with van der Waals surface area (Å²) in [7, 11) is 0. The molecule has 2 fully saturated rings. The minimum atomic E-state index is 0.352. The van der Waals surface area contributed by atoms with Crippen molar-refractivity contribution in [3.63, 3.8) is 0 Å². The fourth-order valence-electron chi connectivity index (χ4n) is 2.65. The summed E-state index contributed by atoms with van der Waals surface area (Å²) in [6.45, 7) is 3.28. The maximum atomic E-state index is 5.60. The highest BCUT2D eigenvalue weighted by atomic mass is 16.3. The van der Waals surface area contributed by atoms with Crippen LogP contribution in [0, 0.1) is 0 Å². The van der Waals surface area contributed by atoms with Crippen LogP contribution in [0.5, 0.6) is 0 Å². The molecule has 4 heteroatoms. The first-order valence-corrected chi connectivity index (χ1v) is 6.33. The van der Waals surface area contributed by atoms with Crippen LogP contribution in [-0.4, -0.2) is 24.6 Å². The Kier molecular flexibility index (Phi) is 2.93. The summed E-state index contributed by atoms with van der Waals surface area (Å²) < 4.78 is 5.60. The van der Waals surface area contributed by atoms with Crippen molar-refractivity contribution in [1.82, 2.24) is 15.6 Å². The van der Waals surface area contributed by atoms with Gasteiger partial charge in [-0.3, -0.25) is 0 Å². The number of aromatic nitrogens is 1. The third-order valence-corrected chi connectivity index (χ3v) is 3.61. The molecule has 2 atom stereocenters. The molecule has 4 nitrogen and oxygen atoms in total. The van der Waals surface area contributed by atoms with Crippen molar-refractivity contribution in [3.8, 4) is 0 Å². The molecule has 1 aromatic heterocycles. The van der Waals surface area contributed by atoms with Gasteiger partial charge in [0.15, 0.2) is 0 Å². The number of nitrogens with one attached hydrogen (secondary N) is 2. The normalized spacial score (nSPS) is 30.8. The van der Waals surface area contributed by atoms with Gasteiger partial charge >= 0.3 is 0 Å². The molecule has 1 aromatic rings. The van der Waals surface area contributed by atoms with Gasteiger partial charge in [0.2, 0.25) is 5.89 Å². The van der Waals surface area contributed by atoms with Crippen LogP contribution in [0.1, 0.15) is 49.2 Å². The van der Waals surface area contributed by atoms with Crippen molar-refractivity contribution in [3.05, 3.63) is 17.8 Å². The van der Waals surface area contributed by atoms with Gasteiger partial charge in [0, 0.05) is 12.5 Å². The van der Waals surface area contributed by atoms with E-state index in [9.17, 15) is 0 Å². The molecule has 2 N–H and O–H groups in total. The van der Waals surface area contributed by atoms with E-state index in [1.165, 1.54) is 19.3 Å². The number of oxazole rings is 1. The third kappa shape index (κ3) is 1.99. The maximum absolute atomic E-state index is 5.60. The van der Waals surface area contributed by atoms with Crippen molar-refractivity contribution in [2.45, 2.75) is 37.6 Å². The highest BCUT2D eigenvalue weighted by molar-refractivity contribution is 5.08. The van der Waals surface area contributed by atoms with Crippen molar-refractivity contribution in [2.24, 2.45) is 0 Å². The first kappa shape index (κ1) is 10.3. The molecular formula is C12H19N3O. The van der Waals surface area contributed by atoms with Crippen molar-refractivity contribution >= 4 is 0 Å². The highest BCUT2D eigenvalue weighted by Crippen LogP contribution is 2.27. The van der Waals surface area contributed by atoms with Crippen molar-refractivity contribution in [1.29, 1.82) is 0 Å². The molecule has 0 aliphatic carbocycles. The van der Waals surface area contributed by atoms with Crippen LogP contribution in [0.3, 0.4) is 0 Å². The summed E-state index contributed by atoms with van der Waals surface area (Å²) in [6, 6.07) is 0.352. The Labute approximate surface area is 95.8 Å². The van der Waals surface area contributed by atoms with Gasteiger partial charge in [0.25, 0.3) is 0 Å². The van der Waals surface area contributed by atoms with E-state index in [0.717, 1.165) is 37.6 Å². The van der Waals surface area contributed by atoms with E-state index in [1.807, 2.05) is 6.26 Å². The lowest BCUT2D eigenvalue weighted by atomic mass is 9.97. The average molecular weight is 221 g/mol. The Bertz CT molecular complexity index is 338. The smallest absolute Gasteiger partial charge is 0.211 e. The van der Waals surface area contributed by atoms with E-state index >= 15 is 0 Å². The molecule has 2 aliphatic rings. The molecule has 0 aromatic carbocycles. The van der Waals surface area contributed by atoms with E-state index in [1.54, 1.807) is 0 Å². The van der Waals surface area contributed by atoms with Gasteiger partial charge in [-0.05, 0) is 38.8 Å². The molecular weight excluding hydrogens is 202 g/mol. The summed E-state index contributed by atoms with van der Waals surface area (Å²) in [6.07, 6.45) is 6.72. The first-order chi connectivity index (χ1) is 7.93. The van der Waals surface area contributed by atoms with Crippen molar-refractivity contribution in [2.75, 3.05) is 19.6 Å². The lowest BCUT2D eigenvalue weighted by Gasteiger charge is -2.20. The van der Waals surface area contributed by atoms with Gasteiger partial charge in [-0.15, -0.1) is 0 Å². The fraction of sp³-hybridized carbons (Fsp3) is 0.750. The van der Waals surface area contributed by atoms with E-state index in [4.69, 9.17) is 4.42 Å². The van der Waals surface area contributed by atoms with Crippen LogP contribution >= 0.6 is 0 Å². The number of rotatable bonds is 2. The Morgan fingerprint density at radius 3 is 2.94 bits per heavy atom. The fourth-order valence-corrected chi connectivity index (χ4v) is 2.65. The molecule has 0 bridgehead atoms. The Morgan fingerprint density at radius 2 is 2.19 bits per heavy atom. The zero-order valence-electron chi connectivity index (χ0n) is 9.54. The SMILES string of the molecule is c1oc(C2CCCN2)nc1C1CCCNC1. The maximum Gasteiger partial charge on any atom is 0.211 e. The quantitative estimate of drug-likeness (QED) is 0.796. The van der Waals surface area contributed by atoms with Crippen LogP contribution in [0.2, 0.25) is 0 Å². The molecule has 3 heterocycles. The molecule has 0 amide bonds. The zero-order chi connectivity index (χ0) is 10.8. The zero-order valence-corrected chi connectivity index (χ0v) is 9.54. The number of hydrogen-bond acceptors (Lipinski definition) is 4. The Morgan fingerprint density at radius 1 is 1.25 bits per heavy atom. The predicted octanol–water partition coefficient (Wildman–Crippen LogP) is 1.57. The predicted molar refractivity (Wildman–Crippen MR) is 61.3 cm³/mol. The van der Waals surface area contributed by atoms with Gasteiger partial charge in [0.05, 0.1) is 11.7 Å². The minimum Gasteiger partial charge on any atom is -0.447 e. The summed E-state index contributed by atoms with van der Waals surface area (Å²) in [5, 5.41) is 6.83. The summed E-state index contributed by atoms with van der Waals surface area (Å²) in [5.74, 6) is 1.44. The van der Waals surface area contributed by atoms with Crippen LogP contribution < -0.4 is 10.6 Å². The number of nitrogens with zero attached hydrogens (tertiary/aromatic N) is 1. The van der Waals surface area contributed by atoms with Gasteiger partial charge in [-0.2, -0.15) is 0 Å². The van der Waals surface area contributed by atoms with Gasteiger partial charge in [0.1, 0.15) is 6.26 Å². The largest absolute Gasteiger partial charge is 0.447 e. The summed E-state index contributed by atoms with van der Waals surface area (Å²) in [5.41, 5.74) is 1.14. The Balaban J connectivity index is 1.71. The topological polar surface area (TPSA) is 50.1 Å². The summed E-state index contributed by atoms with van der Waals surface area (Å²) in [4.78, 5) is 4.65. The number of piperidine rings is 1. The van der Waals surface area contributed by atoms with Crippen molar-refractivity contribution < 1.29 is 4.42 Å². The van der Waals surface area contributed by atoms with Crippen LogP contribution in [0.15, 0.2) is 10.7 Å². The first-order valence-electron chi connectivity index (χ1n) is 6.33. The minimum absolute atomic E-state index is 0.352. The van der Waals surface area contributed by atoms with E-state index in [2.05, 4.69) is 15.6 Å². The van der Waals surface area contributed by atoms with Crippen LogP contribution in [0.25, 0.3) is 0 Å². The lowest BCUT2D eigenvalue weighted by molar-refractivity contribution is 0.429. The molecule has 2 saturated heterocycles. The highest BCUT2D eigenvalue weighted by Gasteiger charge is 2.24. The second kappa shape index (κ2) is 4.55. The van der Waals surface area contributed by atoms with E-state index < -0.39 is 0 Å². The molecule has 88 valence electrons. The van der Waals surface area contributed by atoms with Crippen LogP contribution in [-0.2, 0) is 0 Å². The molecule has 2 unspecified atom stereocenters. The molecule has 0 spiro atoms. The van der Waals surface area contributed by atoms with Gasteiger partial charge in [-0.1, -0.05) is 0 Å². The number of hydrogen-bond donors (Lipinski definition) is 2. The standard InChI is InChI=1S/C12H19N3O/c1-3-9(7-13-5-1)11-8-16-12(15-11)10-4-2-6-14-10/h8-10,13-14H,1-7H2. The van der Waals surface area contributed by atoms with E-state index in [-0.39, 0.29) is 0 Å². The second-order valence-corrected chi connectivity index (χ2v) is 4.80. The van der Waals surface area contributed by atoms with Crippen LogP contribution in [0.4, 0.5) is 0 Å². The molecule has 0 saturated carbocycles. The van der Waals surface area contributed by atoms with Gasteiger partial charge < -0.3 is 15.1 Å². The molecule has 3 rings (SSSR count). The molecule has 2 aliphatic heterocycles. The monoisotopic (exact) mass is 221 g/mol. The van der Waals surface area contributed by atoms with E-state index in [0.29, 0.717) is 12.0 Å². The van der Waals surface area contributed by atoms with Gasteiger partial charge in [-0.25, -0.2) is 4.98 Å². The second-order valence-electron chi connectivity index (χ2n) is 4.80. The average Bonchev–Trinajstić information content (AvgIpc) is 3.01. The summed E-state index contributed by atoms with van der Waals surface area (Å²) >= 11 is 0. The Hall–Kier alpha value is -0.870. The lowest BCUT2D eigenvalue weighted by Crippen LogP contribution is -2.28. The molecule has 16 heavy (non-hydrogen) atoms. The molecule has 0 radical (unpaired) electrons. The third-order valence-electron chi connectivity index (χ3n) is 3.61.